The van der Waals surface area contributed by atoms with E-state index in [9.17, 15) is 13.6 Å². The quantitative estimate of drug-likeness (QED) is 0.318. The summed E-state index contributed by atoms with van der Waals surface area (Å²) in [5.41, 5.74) is 2.62. The fourth-order valence-corrected chi connectivity index (χ4v) is 5.23. The molecule has 1 saturated carbocycles. The summed E-state index contributed by atoms with van der Waals surface area (Å²) in [7, 11) is 0. The normalized spacial score (nSPS) is 18.0. The Morgan fingerprint density at radius 2 is 1.79 bits per heavy atom. The summed E-state index contributed by atoms with van der Waals surface area (Å²) < 4.78 is 27.7. The average molecular weight is 523 g/mol. The number of fused-ring (bicyclic) bond motifs is 1. The number of nitrogens with zero attached hydrogens (tertiary/aromatic N) is 5. The van der Waals surface area contributed by atoms with E-state index in [1.165, 1.54) is 0 Å². The van der Waals surface area contributed by atoms with Crippen molar-refractivity contribution >= 4 is 22.9 Å². The SMILES string of the molecule is CC(C)(C)C1CCC(N(Cc2ccc(C(=O)NCc3nn[nH]n3)cc2)c2nc3cc(F)c(F)cc3[nH]2)CC1. The number of nitrogens with one attached hydrogen (secondary N) is 3. The molecule has 3 N–H and O–H groups in total. The fourth-order valence-electron chi connectivity index (χ4n) is 5.23. The molecule has 0 unspecified atom stereocenters. The molecule has 2 aromatic heterocycles. The molecule has 2 aromatic carbocycles. The molecule has 0 spiro atoms. The first kappa shape index (κ1) is 25.7. The number of halogens is 2. The number of amides is 1. The van der Waals surface area contributed by atoms with Gasteiger partial charge in [0, 0.05) is 30.3 Å². The van der Waals surface area contributed by atoms with Crippen LogP contribution in [0.1, 0.15) is 68.2 Å². The van der Waals surface area contributed by atoms with Crippen molar-refractivity contribution in [3.05, 3.63) is 65.0 Å². The number of hydrogen-bond acceptors (Lipinski definition) is 6. The molecule has 1 amide bonds. The van der Waals surface area contributed by atoms with Crippen LogP contribution in [0.15, 0.2) is 36.4 Å². The molecular formula is C27H32F2N8O. The summed E-state index contributed by atoms with van der Waals surface area (Å²) in [6.07, 6.45) is 4.21. The van der Waals surface area contributed by atoms with Crippen LogP contribution in [0, 0.1) is 23.0 Å². The fraction of sp³-hybridized carbons (Fsp3) is 0.444. The van der Waals surface area contributed by atoms with Gasteiger partial charge in [-0.3, -0.25) is 4.79 Å². The minimum atomic E-state index is -0.916. The second-order valence-electron chi connectivity index (χ2n) is 11.1. The van der Waals surface area contributed by atoms with E-state index >= 15 is 0 Å². The van der Waals surface area contributed by atoms with Crippen molar-refractivity contribution in [2.45, 2.75) is 65.6 Å². The van der Waals surface area contributed by atoms with Crippen molar-refractivity contribution in [2.24, 2.45) is 11.3 Å². The number of imidazole rings is 1. The molecule has 1 aliphatic carbocycles. The number of benzene rings is 2. The summed E-state index contributed by atoms with van der Waals surface area (Å²) in [4.78, 5) is 22.6. The Morgan fingerprint density at radius 3 is 2.45 bits per heavy atom. The van der Waals surface area contributed by atoms with Crippen LogP contribution in [0.25, 0.3) is 11.0 Å². The second kappa shape index (κ2) is 10.5. The third kappa shape index (κ3) is 5.66. The number of tetrazole rings is 1. The number of carbonyl (C=O) groups excluding carboxylic acids is 1. The van der Waals surface area contributed by atoms with E-state index in [1.54, 1.807) is 12.1 Å². The van der Waals surface area contributed by atoms with Gasteiger partial charge in [-0.2, -0.15) is 5.21 Å². The van der Waals surface area contributed by atoms with E-state index in [4.69, 9.17) is 0 Å². The summed E-state index contributed by atoms with van der Waals surface area (Å²) in [5, 5.41) is 16.3. The monoisotopic (exact) mass is 522 g/mol. The molecule has 11 heteroatoms. The van der Waals surface area contributed by atoms with Gasteiger partial charge in [0.2, 0.25) is 5.95 Å². The van der Waals surface area contributed by atoms with Crippen LogP contribution in [-0.4, -0.2) is 42.5 Å². The van der Waals surface area contributed by atoms with Crippen molar-refractivity contribution in [2.75, 3.05) is 4.90 Å². The molecule has 0 radical (unpaired) electrons. The van der Waals surface area contributed by atoms with E-state index < -0.39 is 11.6 Å². The largest absolute Gasteiger partial charge is 0.345 e. The molecule has 5 rings (SSSR count). The first-order valence-corrected chi connectivity index (χ1v) is 12.9. The minimum Gasteiger partial charge on any atom is -0.345 e. The highest BCUT2D eigenvalue weighted by Gasteiger charge is 2.33. The smallest absolute Gasteiger partial charge is 0.251 e. The summed E-state index contributed by atoms with van der Waals surface area (Å²) >= 11 is 0. The van der Waals surface area contributed by atoms with E-state index in [1.807, 2.05) is 12.1 Å². The predicted octanol–water partition coefficient (Wildman–Crippen LogP) is 4.90. The lowest BCUT2D eigenvalue weighted by Crippen LogP contribution is -2.40. The van der Waals surface area contributed by atoms with Crippen LogP contribution in [0.4, 0.5) is 14.7 Å². The van der Waals surface area contributed by atoms with Crippen LogP contribution >= 0.6 is 0 Å². The highest BCUT2D eigenvalue weighted by Crippen LogP contribution is 2.40. The van der Waals surface area contributed by atoms with Gasteiger partial charge < -0.3 is 15.2 Å². The lowest BCUT2D eigenvalue weighted by atomic mass is 9.71. The van der Waals surface area contributed by atoms with Crippen molar-refractivity contribution in [1.82, 2.24) is 35.9 Å². The number of hydrogen-bond donors (Lipinski definition) is 3. The number of rotatable bonds is 7. The number of H-pyrrole nitrogens is 2. The Kier molecular flexibility index (Phi) is 7.09. The van der Waals surface area contributed by atoms with Gasteiger partial charge in [-0.05, 0) is 54.7 Å². The third-order valence-electron chi connectivity index (χ3n) is 7.51. The predicted molar refractivity (Wildman–Crippen MR) is 139 cm³/mol. The number of aromatic amines is 2. The highest BCUT2D eigenvalue weighted by atomic mass is 19.2. The minimum absolute atomic E-state index is 0.176. The zero-order valence-electron chi connectivity index (χ0n) is 21.8. The summed E-state index contributed by atoms with van der Waals surface area (Å²) in [6, 6.07) is 9.89. The van der Waals surface area contributed by atoms with Crippen LogP contribution in [0.3, 0.4) is 0 Å². The standard InChI is InChI=1S/C27H32F2N8O/c1-27(2,3)18-8-10-19(11-9-18)37(26-31-22-12-20(28)21(29)13-23(22)32-26)15-16-4-6-17(7-5-16)25(38)30-14-24-33-35-36-34-24/h4-7,12-13,18-19H,8-11,14-15H2,1-3H3,(H,30,38)(H,31,32)(H,33,34,35,36). The van der Waals surface area contributed by atoms with E-state index in [-0.39, 0.29) is 23.9 Å². The maximum absolute atomic E-state index is 13.9. The summed E-state index contributed by atoms with van der Waals surface area (Å²) in [5.74, 6) is -0.424. The van der Waals surface area contributed by atoms with Crippen LogP contribution in [-0.2, 0) is 13.1 Å². The molecule has 38 heavy (non-hydrogen) atoms. The highest BCUT2D eigenvalue weighted by molar-refractivity contribution is 5.94. The zero-order valence-corrected chi connectivity index (χ0v) is 21.8. The van der Waals surface area contributed by atoms with E-state index in [0.717, 1.165) is 43.4 Å². The molecule has 1 fully saturated rings. The first-order chi connectivity index (χ1) is 18.2. The number of aromatic nitrogens is 6. The van der Waals surface area contributed by atoms with Gasteiger partial charge in [-0.25, -0.2) is 13.8 Å². The van der Waals surface area contributed by atoms with Crippen LogP contribution in [0.5, 0.6) is 0 Å². The average Bonchev–Trinajstić information content (AvgIpc) is 3.56. The van der Waals surface area contributed by atoms with Crippen molar-refractivity contribution < 1.29 is 13.6 Å². The summed E-state index contributed by atoms with van der Waals surface area (Å²) in [6.45, 7) is 7.59. The van der Waals surface area contributed by atoms with Gasteiger partial charge in [0.1, 0.15) is 0 Å². The lowest BCUT2D eigenvalue weighted by Gasteiger charge is -2.41. The zero-order chi connectivity index (χ0) is 26.9. The third-order valence-corrected chi connectivity index (χ3v) is 7.51. The van der Waals surface area contributed by atoms with E-state index in [2.05, 4.69) is 61.6 Å². The molecule has 0 aliphatic heterocycles. The van der Waals surface area contributed by atoms with Crippen molar-refractivity contribution in [3.8, 4) is 0 Å². The van der Waals surface area contributed by atoms with E-state index in [0.29, 0.717) is 40.8 Å². The van der Waals surface area contributed by atoms with Crippen LogP contribution in [0.2, 0.25) is 0 Å². The Balaban J connectivity index is 1.35. The van der Waals surface area contributed by atoms with Crippen molar-refractivity contribution in [1.29, 1.82) is 0 Å². The molecule has 0 saturated heterocycles. The topological polar surface area (TPSA) is 115 Å². The Morgan fingerprint density at radius 1 is 1.08 bits per heavy atom. The second-order valence-corrected chi connectivity index (χ2v) is 11.1. The maximum atomic E-state index is 13.9. The van der Waals surface area contributed by atoms with Gasteiger partial charge in [-0.1, -0.05) is 38.1 Å². The number of anilines is 1. The maximum Gasteiger partial charge on any atom is 0.251 e. The van der Waals surface area contributed by atoms with Gasteiger partial charge in [-0.15, -0.1) is 10.2 Å². The molecule has 4 aromatic rings. The molecule has 0 atom stereocenters. The Bertz CT molecular complexity index is 1350. The first-order valence-electron chi connectivity index (χ1n) is 12.9. The lowest BCUT2D eigenvalue weighted by molar-refractivity contribution is 0.0950. The molecule has 200 valence electrons. The van der Waals surface area contributed by atoms with Crippen LogP contribution < -0.4 is 10.2 Å². The van der Waals surface area contributed by atoms with Gasteiger partial charge in [0.25, 0.3) is 5.91 Å². The van der Waals surface area contributed by atoms with Crippen molar-refractivity contribution in [3.63, 3.8) is 0 Å². The molecular weight excluding hydrogens is 490 g/mol. The molecule has 2 heterocycles. The molecule has 0 bridgehead atoms. The van der Waals surface area contributed by atoms with Gasteiger partial charge >= 0.3 is 0 Å². The number of carbonyl (C=O) groups is 1. The molecule has 9 nitrogen and oxygen atoms in total. The molecule has 1 aliphatic rings. The van der Waals surface area contributed by atoms with Gasteiger partial charge in [0.15, 0.2) is 17.5 Å². The Hall–Kier alpha value is -3.89. The Labute approximate surface area is 219 Å². The van der Waals surface area contributed by atoms with Gasteiger partial charge in [0.05, 0.1) is 17.6 Å².